The Hall–Kier alpha value is -0.860. The number of ether oxygens (including phenoxy) is 1. The van der Waals surface area contributed by atoms with Crippen molar-refractivity contribution >= 4 is 0 Å². The van der Waals surface area contributed by atoms with Gasteiger partial charge in [0.1, 0.15) is 0 Å². The lowest BCUT2D eigenvalue weighted by Gasteiger charge is -2.20. The number of hydrogen-bond donors (Lipinski definition) is 1. The molecule has 0 saturated carbocycles. The molecular formula is C18H31NO. The fraction of sp³-hybridized carbons (Fsp3) is 0.667. The Kier molecular flexibility index (Phi) is 8.56. The summed E-state index contributed by atoms with van der Waals surface area (Å²) in [5.41, 5.74) is 2.74. The van der Waals surface area contributed by atoms with Crippen LogP contribution in [0.5, 0.6) is 0 Å². The van der Waals surface area contributed by atoms with Crippen molar-refractivity contribution in [2.75, 3.05) is 19.8 Å². The summed E-state index contributed by atoms with van der Waals surface area (Å²) in [5.74, 6) is 0.541. The van der Waals surface area contributed by atoms with Crippen LogP contribution >= 0.6 is 0 Å². The average Bonchev–Trinajstić information content (AvgIpc) is 2.43. The van der Waals surface area contributed by atoms with Gasteiger partial charge in [0.15, 0.2) is 0 Å². The second-order valence-electron chi connectivity index (χ2n) is 5.93. The van der Waals surface area contributed by atoms with Gasteiger partial charge >= 0.3 is 0 Å². The van der Waals surface area contributed by atoms with E-state index in [-0.39, 0.29) is 0 Å². The van der Waals surface area contributed by atoms with Crippen LogP contribution in [0.1, 0.15) is 57.1 Å². The molecule has 1 aromatic carbocycles. The van der Waals surface area contributed by atoms with Crippen LogP contribution in [-0.4, -0.2) is 25.8 Å². The number of nitrogens with one attached hydrogen (secondary N) is 1. The third-order valence-corrected chi connectivity index (χ3v) is 3.57. The van der Waals surface area contributed by atoms with Crippen LogP contribution in [-0.2, 0) is 4.74 Å². The van der Waals surface area contributed by atoms with Gasteiger partial charge in [-0.15, -0.1) is 0 Å². The first-order valence-electron chi connectivity index (χ1n) is 8.01. The molecule has 20 heavy (non-hydrogen) atoms. The van der Waals surface area contributed by atoms with E-state index in [0.29, 0.717) is 12.0 Å². The van der Waals surface area contributed by atoms with Crippen molar-refractivity contribution in [1.82, 2.24) is 5.32 Å². The molecule has 2 heteroatoms. The van der Waals surface area contributed by atoms with Crippen molar-refractivity contribution in [3.63, 3.8) is 0 Å². The van der Waals surface area contributed by atoms with E-state index < -0.39 is 0 Å². The Morgan fingerprint density at radius 2 is 1.80 bits per heavy atom. The standard InChI is InChI=1S/C18H31NO/c1-5-6-12-20-13-11-18(14-19-15(2)3)17-9-7-16(4)8-10-17/h7-10,15,18-19H,5-6,11-14H2,1-4H3. The van der Waals surface area contributed by atoms with Crippen molar-refractivity contribution in [3.05, 3.63) is 35.4 Å². The van der Waals surface area contributed by atoms with Crippen molar-refractivity contribution in [3.8, 4) is 0 Å². The molecule has 114 valence electrons. The van der Waals surface area contributed by atoms with Gasteiger partial charge < -0.3 is 10.1 Å². The highest BCUT2D eigenvalue weighted by atomic mass is 16.5. The van der Waals surface area contributed by atoms with Crippen LogP contribution in [0.4, 0.5) is 0 Å². The molecule has 0 heterocycles. The smallest absolute Gasteiger partial charge is 0.0472 e. The summed E-state index contributed by atoms with van der Waals surface area (Å²) < 4.78 is 5.73. The van der Waals surface area contributed by atoms with Crippen LogP contribution in [0, 0.1) is 6.92 Å². The minimum atomic E-state index is 0.531. The zero-order valence-corrected chi connectivity index (χ0v) is 13.6. The molecule has 0 bridgehead atoms. The third-order valence-electron chi connectivity index (χ3n) is 3.57. The molecule has 1 aromatic rings. The third kappa shape index (κ3) is 7.06. The van der Waals surface area contributed by atoms with Crippen molar-refractivity contribution < 1.29 is 4.74 Å². The summed E-state index contributed by atoms with van der Waals surface area (Å²) in [5, 5.41) is 3.56. The van der Waals surface area contributed by atoms with Gasteiger partial charge in [-0.25, -0.2) is 0 Å². The molecule has 0 spiro atoms. The largest absolute Gasteiger partial charge is 0.381 e. The van der Waals surface area contributed by atoms with Crippen molar-refractivity contribution in [1.29, 1.82) is 0 Å². The van der Waals surface area contributed by atoms with Crippen LogP contribution in [0.3, 0.4) is 0 Å². The fourth-order valence-corrected chi connectivity index (χ4v) is 2.18. The van der Waals surface area contributed by atoms with Crippen molar-refractivity contribution in [2.24, 2.45) is 0 Å². The van der Waals surface area contributed by atoms with Crippen LogP contribution in [0.25, 0.3) is 0 Å². The lowest BCUT2D eigenvalue weighted by Crippen LogP contribution is -2.28. The van der Waals surface area contributed by atoms with Gasteiger partial charge in [0.2, 0.25) is 0 Å². The van der Waals surface area contributed by atoms with E-state index in [1.807, 2.05) is 0 Å². The lowest BCUT2D eigenvalue weighted by molar-refractivity contribution is 0.123. The van der Waals surface area contributed by atoms with Crippen LogP contribution in [0.15, 0.2) is 24.3 Å². The summed E-state index contributed by atoms with van der Waals surface area (Å²) in [7, 11) is 0. The Morgan fingerprint density at radius 1 is 1.10 bits per heavy atom. The predicted octanol–water partition coefficient (Wildman–Crippen LogP) is 4.28. The highest BCUT2D eigenvalue weighted by Gasteiger charge is 2.12. The summed E-state index contributed by atoms with van der Waals surface area (Å²) in [6.07, 6.45) is 3.46. The fourth-order valence-electron chi connectivity index (χ4n) is 2.18. The maximum Gasteiger partial charge on any atom is 0.0472 e. The summed E-state index contributed by atoms with van der Waals surface area (Å²) in [4.78, 5) is 0. The van der Waals surface area contributed by atoms with Gasteiger partial charge in [-0.2, -0.15) is 0 Å². The molecule has 0 aliphatic carbocycles. The summed E-state index contributed by atoms with van der Waals surface area (Å²) in [6.45, 7) is 11.5. The van der Waals surface area contributed by atoms with E-state index >= 15 is 0 Å². The Labute approximate surface area is 124 Å². The lowest BCUT2D eigenvalue weighted by atomic mass is 9.95. The first-order chi connectivity index (χ1) is 9.63. The number of hydrogen-bond acceptors (Lipinski definition) is 2. The molecule has 0 saturated heterocycles. The average molecular weight is 277 g/mol. The molecule has 0 aliphatic heterocycles. The number of benzene rings is 1. The molecule has 0 radical (unpaired) electrons. The van der Waals surface area contributed by atoms with E-state index in [0.717, 1.165) is 26.2 Å². The Morgan fingerprint density at radius 3 is 2.40 bits per heavy atom. The van der Waals surface area contributed by atoms with E-state index in [2.05, 4.69) is 57.3 Å². The van der Waals surface area contributed by atoms with Crippen LogP contribution < -0.4 is 5.32 Å². The molecule has 0 aliphatic rings. The molecule has 0 amide bonds. The normalized spacial score (nSPS) is 12.8. The van der Waals surface area contributed by atoms with E-state index in [4.69, 9.17) is 4.74 Å². The molecular weight excluding hydrogens is 246 g/mol. The van der Waals surface area contributed by atoms with Gasteiger partial charge in [-0.1, -0.05) is 57.0 Å². The number of unbranched alkanes of at least 4 members (excludes halogenated alkanes) is 1. The highest BCUT2D eigenvalue weighted by Crippen LogP contribution is 2.20. The predicted molar refractivity (Wildman–Crippen MR) is 87.4 cm³/mol. The molecule has 0 aromatic heterocycles. The van der Waals surface area contributed by atoms with Gasteiger partial charge in [0, 0.05) is 25.8 Å². The minimum absolute atomic E-state index is 0.531. The zero-order valence-electron chi connectivity index (χ0n) is 13.6. The monoisotopic (exact) mass is 277 g/mol. The molecule has 1 N–H and O–H groups in total. The second-order valence-corrected chi connectivity index (χ2v) is 5.93. The van der Waals surface area contributed by atoms with E-state index in [9.17, 15) is 0 Å². The minimum Gasteiger partial charge on any atom is -0.381 e. The van der Waals surface area contributed by atoms with Gasteiger partial charge in [0.05, 0.1) is 0 Å². The van der Waals surface area contributed by atoms with E-state index in [1.165, 1.54) is 24.0 Å². The van der Waals surface area contributed by atoms with Gasteiger partial charge in [-0.3, -0.25) is 0 Å². The topological polar surface area (TPSA) is 21.3 Å². The zero-order chi connectivity index (χ0) is 14.8. The number of aryl methyl sites for hydroxylation is 1. The highest BCUT2D eigenvalue weighted by molar-refractivity contribution is 5.24. The molecule has 1 rings (SSSR count). The van der Waals surface area contributed by atoms with Gasteiger partial charge in [-0.05, 0) is 31.2 Å². The maximum absolute atomic E-state index is 5.73. The molecule has 2 nitrogen and oxygen atoms in total. The molecule has 1 unspecified atom stereocenters. The van der Waals surface area contributed by atoms with Gasteiger partial charge in [0.25, 0.3) is 0 Å². The quantitative estimate of drug-likeness (QED) is 0.644. The SMILES string of the molecule is CCCCOCCC(CNC(C)C)c1ccc(C)cc1. The number of rotatable bonds is 10. The summed E-state index contributed by atoms with van der Waals surface area (Å²) in [6, 6.07) is 9.46. The first-order valence-corrected chi connectivity index (χ1v) is 8.01. The Bertz CT molecular complexity index is 345. The first kappa shape index (κ1) is 17.2. The molecule has 0 fully saturated rings. The summed E-state index contributed by atoms with van der Waals surface area (Å²) >= 11 is 0. The van der Waals surface area contributed by atoms with Crippen LogP contribution in [0.2, 0.25) is 0 Å². The van der Waals surface area contributed by atoms with E-state index in [1.54, 1.807) is 0 Å². The Balaban J connectivity index is 2.49. The molecule has 1 atom stereocenters. The van der Waals surface area contributed by atoms with Crippen molar-refractivity contribution in [2.45, 2.75) is 58.9 Å². The second kappa shape index (κ2) is 9.95. The maximum atomic E-state index is 5.73.